The zero-order valence-electron chi connectivity index (χ0n) is 16.1. The van der Waals surface area contributed by atoms with Crippen molar-refractivity contribution in [2.45, 2.75) is 25.6 Å². The van der Waals surface area contributed by atoms with Gasteiger partial charge in [-0.1, -0.05) is 0 Å². The van der Waals surface area contributed by atoms with E-state index in [-0.39, 0.29) is 6.10 Å². The van der Waals surface area contributed by atoms with E-state index in [1.165, 1.54) is 0 Å². The second kappa shape index (κ2) is 8.42. The molecule has 7 heteroatoms. The molecule has 0 saturated carbocycles. The molecule has 140 valence electrons. The Hall–Kier alpha value is -2.25. The topological polar surface area (TPSA) is 57.6 Å². The second-order valence-electron chi connectivity index (χ2n) is 7.27. The van der Waals surface area contributed by atoms with Crippen molar-refractivity contribution in [3.05, 3.63) is 42.0 Å². The lowest BCUT2D eigenvalue weighted by molar-refractivity contribution is 0.197. The molecule has 1 aliphatic rings. The first-order valence-electron chi connectivity index (χ1n) is 8.96. The minimum Gasteiger partial charge on any atom is -0.489 e. The average Bonchev–Trinajstić information content (AvgIpc) is 3.02. The summed E-state index contributed by atoms with van der Waals surface area (Å²) in [7, 11) is 7.97. The fraction of sp³-hybridized carbons (Fsp3) is 0.526. The summed E-state index contributed by atoms with van der Waals surface area (Å²) in [4.78, 5) is 19.6. The van der Waals surface area contributed by atoms with E-state index in [1.54, 1.807) is 0 Å². The van der Waals surface area contributed by atoms with Crippen LogP contribution in [-0.2, 0) is 13.1 Å². The van der Waals surface area contributed by atoms with Crippen molar-refractivity contribution in [3.63, 3.8) is 0 Å². The highest BCUT2D eigenvalue weighted by atomic mass is 16.5. The molecule has 0 N–H and O–H groups in total. The maximum Gasteiger partial charge on any atom is 0.224 e. The van der Waals surface area contributed by atoms with Gasteiger partial charge in [-0.2, -0.15) is 0 Å². The van der Waals surface area contributed by atoms with Crippen LogP contribution in [0, 0.1) is 0 Å². The molecule has 0 bridgehead atoms. The van der Waals surface area contributed by atoms with Gasteiger partial charge in [-0.05, 0) is 26.6 Å². The third-order valence-electron chi connectivity index (χ3n) is 4.30. The molecule has 1 aliphatic heterocycles. The number of nitrogens with zero attached hydrogens (tertiary/aromatic N) is 6. The van der Waals surface area contributed by atoms with Crippen molar-refractivity contribution in [1.29, 1.82) is 0 Å². The molecule has 1 unspecified atom stereocenters. The van der Waals surface area contributed by atoms with Crippen LogP contribution in [0.15, 0.2) is 30.7 Å². The fourth-order valence-corrected chi connectivity index (χ4v) is 3.09. The molecule has 3 heterocycles. The van der Waals surface area contributed by atoms with E-state index >= 15 is 0 Å². The molecular weight excluding hydrogens is 328 g/mol. The first-order valence-corrected chi connectivity index (χ1v) is 8.96. The Morgan fingerprint density at radius 2 is 1.92 bits per heavy atom. The van der Waals surface area contributed by atoms with Gasteiger partial charge in [-0.15, -0.1) is 0 Å². The summed E-state index contributed by atoms with van der Waals surface area (Å²) >= 11 is 0. The summed E-state index contributed by atoms with van der Waals surface area (Å²) in [5.74, 6) is 1.64. The van der Waals surface area contributed by atoms with Crippen LogP contribution >= 0.6 is 0 Å². The monoisotopic (exact) mass is 356 g/mol. The lowest BCUT2D eigenvalue weighted by atomic mass is 10.3. The number of rotatable bonds is 7. The molecule has 1 atom stereocenters. The summed E-state index contributed by atoms with van der Waals surface area (Å²) in [6.45, 7) is 3.61. The highest BCUT2D eigenvalue weighted by Crippen LogP contribution is 2.20. The Kier molecular flexibility index (Phi) is 6.00. The molecular formula is C19H28N6O. The van der Waals surface area contributed by atoms with E-state index in [0.717, 1.165) is 55.6 Å². The van der Waals surface area contributed by atoms with Crippen molar-refractivity contribution in [3.8, 4) is 5.75 Å². The summed E-state index contributed by atoms with van der Waals surface area (Å²) in [6.07, 6.45) is 6.89. The zero-order valence-corrected chi connectivity index (χ0v) is 16.1. The van der Waals surface area contributed by atoms with Gasteiger partial charge in [0.15, 0.2) is 0 Å². The van der Waals surface area contributed by atoms with Gasteiger partial charge in [0.2, 0.25) is 5.95 Å². The number of anilines is 1. The van der Waals surface area contributed by atoms with Gasteiger partial charge >= 0.3 is 0 Å². The van der Waals surface area contributed by atoms with Gasteiger partial charge in [0.25, 0.3) is 0 Å². The van der Waals surface area contributed by atoms with E-state index < -0.39 is 0 Å². The molecule has 2 aromatic rings. The van der Waals surface area contributed by atoms with Crippen LogP contribution in [0.1, 0.15) is 17.7 Å². The molecule has 1 fully saturated rings. The predicted molar refractivity (Wildman–Crippen MR) is 102 cm³/mol. The van der Waals surface area contributed by atoms with Gasteiger partial charge in [-0.25, -0.2) is 9.97 Å². The largest absolute Gasteiger partial charge is 0.489 e. The molecule has 2 aromatic heterocycles. The van der Waals surface area contributed by atoms with E-state index in [0.29, 0.717) is 0 Å². The fourth-order valence-electron chi connectivity index (χ4n) is 3.09. The van der Waals surface area contributed by atoms with Crippen molar-refractivity contribution >= 4 is 5.95 Å². The molecule has 0 spiro atoms. The Labute approximate surface area is 155 Å². The van der Waals surface area contributed by atoms with Crippen LogP contribution in [0.4, 0.5) is 5.95 Å². The summed E-state index contributed by atoms with van der Waals surface area (Å²) in [6, 6.07) is 3.98. The SMILES string of the molecule is CN(C)Cc1cc(OC2CCN(Cc3cnc(N(C)C)nc3)C2)ccn1. The molecule has 3 rings (SSSR count). The molecule has 26 heavy (non-hydrogen) atoms. The highest BCUT2D eigenvalue weighted by molar-refractivity contribution is 5.26. The number of likely N-dealkylation sites (tertiary alicyclic amines) is 1. The van der Waals surface area contributed by atoms with E-state index in [9.17, 15) is 0 Å². The van der Waals surface area contributed by atoms with Crippen molar-refractivity contribution in [1.82, 2.24) is 24.8 Å². The zero-order chi connectivity index (χ0) is 18.5. The third-order valence-corrected chi connectivity index (χ3v) is 4.30. The van der Waals surface area contributed by atoms with Gasteiger partial charge in [-0.3, -0.25) is 9.88 Å². The normalized spacial score (nSPS) is 17.7. The number of hydrogen-bond donors (Lipinski definition) is 0. The lowest BCUT2D eigenvalue weighted by Crippen LogP contribution is -2.25. The van der Waals surface area contributed by atoms with Crippen LogP contribution in [0.3, 0.4) is 0 Å². The minimum absolute atomic E-state index is 0.214. The lowest BCUT2D eigenvalue weighted by Gasteiger charge is -2.18. The Morgan fingerprint density at radius 1 is 1.15 bits per heavy atom. The van der Waals surface area contributed by atoms with Gasteiger partial charge in [0, 0.05) is 70.5 Å². The van der Waals surface area contributed by atoms with E-state index in [1.807, 2.05) is 63.8 Å². The first-order chi connectivity index (χ1) is 12.5. The second-order valence-corrected chi connectivity index (χ2v) is 7.27. The van der Waals surface area contributed by atoms with Crippen molar-refractivity contribution in [2.75, 3.05) is 46.2 Å². The standard InChI is InChI=1S/C19H28N6O/c1-23(2)13-16-9-17(5-7-20-16)26-18-6-8-25(14-18)12-15-10-21-19(22-11-15)24(3)4/h5,7,9-11,18H,6,8,12-14H2,1-4H3. The summed E-state index contributed by atoms with van der Waals surface area (Å²) in [5, 5.41) is 0. The van der Waals surface area contributed by atoms with Gasteiger partial charge in [0.05, 0.1) is 5.69 Å². The third kappa shape index (κ3) is 5.12. The molecule has 7 nitrogen and oxygen atoms in total. The molecule has 0 amide bonds. The quantitative estimate of drug-likeness (QED) is 0.748. The number of ether oxygens (including phenoxy) is 1. The smallest absolute Gasteiger partial charge is 0.224 e. The van der Waals surface area contributed by atoms with E-state index in [2.05, 4.69) is 24.8 Å². The van der Waals surface area contributed by atoms with Crippen LogP contribution in [-0.4, -0.2) is 72.1 Å². The minimum atomic E-state index is 0.214. The van der Waals surface area contributed by atoms with Crippen LogP contribution < -0.4 is 9.64 Å². The molecule has 0 aromatic carbocycles. The first kappa shape index (κ1) is 18.5. The number of aromatic nitrogens is 3. The van der Waals surface area contributed by atoms with Crippen molar-refractivity contribution < 1.29 is 4.74 Å². The van der Waals surface area contributed by atoms with Crippen molar-refractivity contribution in [2.24, 2.45) is 0 Å². The average molecular weight is 356 g/mol. The maximum absolute atomic E-state index is 6.18. The molecule has 1 saturated heterocycles. The van der Waals surface area contributed by atoms with Crippen LogP contribution in [0.5, 0.6) is 5.75 Å². The van der Waals surface area contributed by atoms with Gasteiger partial charge < -0.3 is 14.5 Å². The van der Waals surface area contributed by atoms with E-state index in [4.69, 9.17) is 4.74 Å². The number of hydrogen-bond acceptors (Lipinski definition) is 7. The Bertz CT molecular complexity index is 703. The number of pyridine rings is 1. The maximum atomic E-state index is 6.18. The van der Waals surface area contributed by atoms with Gasteiger partial charge in [0.1, 0.15) is 11.9 Å². The Morgan fingerprint density at radius 3 is 2.62 bits per heavy atom. The molecule has 0 radical (unpaired) electrons. The van der Waals surface area contributed by atoms with Crippen LogP contribution in [0.2, 0.25) is 0 Å². The summed E-state index contributed by atoms with van der Waals surface area (Å²) < 4.78 is 6.18. The highest BCUT2D eigenvalue weighted by Gasteiger charge is 2.24. The van der Waals surface area contributed by atoms with Crippen LogP contribution in [0.25, 0.3) is 0 Å². The predicted octanol–water partition coefficient (Wildman–Crippen LogP) is 1.65. The summed E-state index contributed by atoms with van der Waals surface area (Å²) in [5.41, 5.74) is 2.16. The Balaban J connectivity index is 1.52. The molecule has 0 aliphatic carbocycles.